The van der Waals surface area contributed by atoms with E-state index in [0.717, 1.165) is 5.56 Å². The number of rotatable bonds is 15. The molecule has 37 heavy (non-hydrogen) atoms. The first-order valence-corrected chi connectivity index (χ1v) is 11.8. The molecule has 1 heterocycles. The number of ether oxygens (including phenoxy) is 4. The number of Topliss-reactive ketones (excluding diaryl/α,β-unsaturated/α-hetero) is 1. The lowest BCUT2D eigenvalue weighted by Gasteiger charge is -2.17. The Morgan fingerprint density at radius 1 is 1.03 bits per heavy atom. The van der Waals surface area contributed by atoms with Crippen molar-refractivity contribution in [3.8, 4) is 28.4 Å². The Bertz CT molecular complexity index is 1160. The smallest absolute Gasteiger partial charge is 0.305 e. The number of methoxy groups -OCH3 is 2. The van der Waals surface area contributed by atoms with Crippen molar-refractivity contribution in [2.75, 3.05) is 34.0 Å². The van der Waals surface area contributed by atoms with Crippen molar-refractivity contribution in [1.29, 1.82) is 0 Å². The molecule has 0 spiro atoms. The maximum atomic E-state index is 12.6. The van der Waals surface area contributed by atoms with Gasteiger partial charge >= 0.3 is 5.97 Å². The van der Waals surface area contributed by atoms with Crippen molar-refractivity contribution in [2.45, 2.75) is 25.9 Å². The molecule has 1 aromatic heterocycles. The van der Waals surface area contributed by atoms with Gasteiger partial charge in [-0.3, -0.25) is 9.59 Å². The molecule has 0 radical (unpaired) electrons. The van der Waals surface area contributed by atoms with Crippen LogP contribution in [0.2, 0.25) is 5.02 Å². The van der Waals surface area contributed by atoms with Crippen LogP contribution in [0, 0.1) is 0 Å². The van der Waals surface area contributed by atoms with Crippen molar-refractivity contribution in [1.82, 2.24) is 5.16 Å². The standard InChI is InChI=1S/C26H28ClNO9/c1-4-26(30)34-16-21(15-33-20-8-6-18(27)7-9-20)37-35-14-19(29)12-24-22(13-28-36-24)17-5-10-23(31-2)25(11-17)32-3/h5-11,13,21H,4,12,14-16H2,1-3H3. The number of carbonyl (C=O) groups is 2. The van der Waals surface area contributed by atoms with Gasteiger partial charge in [0.2, 0.25) is 0 Å². The number of ketones is 1. The first-order chi connectivity index (χ1) is 17.9. The van der Waals surface area contributed by atoms with E-state index in [4.69, 9.17) is 44.8 Å². The third-order valence-electron chi connectivity index (χ3n) is 5.09. The Kier molecular flexibility index (Phi) is 10.8. The summed E-state index contributed by atoms with van der Waals surface area (Å²) in [6, 6.07) is 12.1. The van der Waals surface area contributed by atoms with Gasteiger partial charge in [0.25, 0.3) is 0 Å². The fourth-order valence-corrected chi connectivity index (χ4v) is 3.29. The molecular weight excluding hydrogens is 506 g/mol. The van der Waals surface area contributed by atoms with Gasteiger partial charge in [0.05, 0.1) is 26.8 Å². The fourth-order valence-electron chi connectivity index (χ4n) is 3.17. The van der Waals surface area contributed by atoms with Crippen LogP contribution in [0.5, 0.6) is 17.2 Å². The Morgan fingerprint density at radius 3 is 2.49 bits per heavy atom. The first-order valence-electron chi connectivity index (χ1n) is 11.4. The molecule has 0 saturated heterocycles. The zero-order valence-electron chi connectivity index (χ0n) is 20.7. The van der Waals surface area contributed by atoms with E-state index in [2.05, 4.69) is 5.16 Å². The van der Waals surface area contributed by atoms with Crippen LogP contribution >= 0.6 is 11.6 Å². The highest BCUT2D eigenvalue weighted by atomic mass is 35.5. The zero-order chi connectivity index (χ0) is 26.6. The minimum atomic E-state index is -0.772. The van der Waals surface area contributed by atoms with Crippen molar-refractivity contribution in [3.63, 3.8) is 0 Å². The number of hydrogen-bond acceptors (Lipinski definition) is 10. The van der Waals surface area contributed by atoms with Crippen LogP contribution in [0.1, 0.15) is 19.1 Å². The maximum Gasteiger partial charge on any atom is 0.305 e. The fraction of sp³-hybridized carbons (Fsp3) is 0.346. The summed E-state index contributed by atoms with van der Waals surface area (Å²) in [7, 11) is 3.08. The van der Waals surface area contributed by atoms with E-state index < -0.39 is 12.1 Å². The molecule has 2 aromatic carbocycles. The molecular formula is C26H28ClNO9. The Morgan fingerprint density at radius 2 is 1.78 bits per heavy atom. The average Bonchev–Trinajstić information content (AvgIpc) is 3.37. The number of carbonyl (C=O) groups excluding carboxylic acids is 2. The predicted octanol–water partition coefficient (Wildman–Crippen LogP) is 4.47. The lowest BCUT2D eigenvalue weighted by molar-refractivity contribution is -0.326. The average molecular weight is 534 g/mol. The van der Waals surface area contributed by atoms with Crippen LogP contribution in [0.15, 0.2) is 53.2 Å². The lowest BCUT2D eigenvalue weighted by Crippen LogP contribution is -2.29. The van der Waals surface area contributed by atoms with Crippen LogP contribution in [0.25, 0.3) is 11.1 Å². The molecule has 0 saturated carbocycles. The van der Waals surface area contributed by atoms with Crippen LogP contribution in [0.4, 0.5) is 0 Å². The predicted molar refractivity (Wildman–Crippen MR) is 133 cm³/mol. The number of aromatic nitrogens is 1. The van der Waals surface area contributed by atoms with Gasteiger partial charge in [0.15, 0.2) is 29.1 Å². The van der Waals surface area contributed by atoms with E-state index in [-0.39, 0.29) is 38.4 Å². The zero-order valence-corrected chi connectivity index (χ0v) is 21.5. The van der Waals surface area contributed by atoms with Gasteiger partial charge in [-0.15, -0.1) is 0 Å². The van der Waals surface area contributed by atoms with Gasteiger partial charge in [-0.1, -0.05) is 29.7 Å². The molecule has 0 aliphatic rings. The van der Waals surface area contributed by atoms with Crippen molar-refractivity contribution >= 4 is 23.4 Å². The molecule has 0 aliphatic carbocycles. The highest BCUT2D eigenvalue weighted by molar-refractivity contribution is 6.30. The summed E-state index contributed by atoms with van der Waals surface area (Å²) in [6.07, 6.45) is 0.882. The van der Waals surface area contributed by atoms with Gasteiger partial charge < -0.3 is 23.5 Å². The molecule has 3 aromatic rings. The van der Waals surface area contributed by atoms with Crippen LogP contribution in [-0.2, 0) is 30.5 Å². The lowest BCUT2D eigenvalue weighted by atomic mass is 10.0. The molecule has 0 fully saturated rings. The largest absolute Gasteiger partial charge is 0.493 e. The minimum absolute atomic E-state index is 0.0123. The van der Waals surface area contributed by atoms with Gasteiger partial charge in [-0.2, -0.15) is 0 Å². The maximum absolute atomic E-state index is 12.6. The molecule has 0 bridgehead atoms. The summed E-state index contributed by atoms with van der Waals surface area (Å²) in [5.41, 5.74) is 1.38. The molecule has 3 rings (SSSR count). The van der Waals surface area contributed by atoms with Crippen LogP contribution in [0.3, 0.4) is 0 Å². The Balaban J connectivity index is 1.55. The highest BCUT2D eigenvalue weighted by Crippen LogP contribution is 2.33. The Labute approximate surface area is 219 Å². The molecule has 1 atom stereocenters. The molecule has 198 valence electrons. The van der Waals surface area contributed by atoms with Crippen molar-refractivity contribution in [2.24, 2.45) is 0 Å². The molecule has 1 unspecified atom stereocenters. The van der Waals surface area contributed by atoms with Crippen molar-refractivity contribution < 1.29 is 42.8 Å². The van der Waals surface area contributed by atoms with Gasteiger partial charge in [-0.05, 0) is 42.0 Å². The number of halogens is 1. The molecule has 11 heteroatoms. The van der Waals surface area contributed by atoms with E-state index in [0.29, 0.717) is 33.6 Å². The second kappa shape index (κ2) is 14.2. The normalized spacial score (nSPS) is 11.6. The van der Waals surface area contributed by atoms with Crippen LogP contribution in [-0.4, -0.2) is 57.1 Å². The Hall–Kier alpha value is -3.60. The number of hydrogen-bond donors (Lipinski definition) is 0. The minimum Gasteiger partial charge on any atom is -0.493 e. The first kappa shape index (κ1) is 28.0. The third kappa shape index (κ3) is 8.49. The van der Waals surface area contributed by atoms with E-state index in [1.807, 2.05) is 6.07 Å². The SMILES string of the molecule is CCC(=O)OCC(COc1ccc(Cl)cc1)OOCC(=O)Cc1oncc1-c1ccc(OC)c(OC)c1. The number of benzene rings is 2. The van der Waals surface area contributed by atoms with Gasteiger partial charge in [0.1, 0.15) is 25.6 Å². The topological polar surface area (TPSA) is 116 Å². The van der Waals surface area contributed by atoms with Crippen molar-refractivity contribution in [3.05, 3.63) is 59.4 Å². The molecule has 0 amide bonds. The summed E-state index contributed by atoms with van der Waals surface area (Å²) in [6.45, 7) is 1.21. The second-order valence-corrected chi connectivity index (χ2v) is 8.17. The summed E-state index contributed by atoms with van der Waals surface area (Å²) >= 11 is 5.88. The molecule has 10 nitrogen and oxygen atoms in total. The third-order valence-corrected chi connectivity index (χ3v) is 5.34. The summed E-state index contributed by atoms with van der Waals surface area (Å²) in [4.78, 5) is 34.6. The summed E-state index contributed by atoms with van der Waals surface area (Å²) in [5.74, 6) is 1.30. The van der Waals surface area contributed by atoms with Crippen LogP contribution < -0.4 is 14.2 Å². The van der Waals surface area contributed by atoms with Gasteiger partial charge in [-0.25, -0.2) is 9.78 Å². The van der Waals surface area contributed by atoms with E-state index in [1.165, 1.54) is 13.3 Å². The second-order valence-electron chi connectivity index (χ2n) is 7.73. The van der Waals surface area contributed by atoms with E-state index in [1.54, 1.807) is 50.4 Å². The van der Waals surface area contributed by atoms with Gasteiger partial charge in [0, 0.05) is 17.0 Å². The number of nitrogens with zero attached hydrogens (tertiary/aromatic N) is 1. The highest BCUT2D eigenvalue weighted by Gasteiger charge is 2.19. The van der Waals surface area contributed by atoms with E-state index in [9.17, 15) is 9.59 Å². The monoisotopic (exact) mass is 533 g/mol. The molecule has 0 aliphatic heterocycles. The quantitative estimate of drug-likeness (QED) is 0.157. The summed E-state index contributed by atoms with van der Waals surface area (Å²) in [5, 5.41) is 4.39. The number of esters is 1. The molecule has 0 N–H and O–H groups in total. The van der Waals surface area contributed by atoms with E-state index >= 15 is 0 Å². The summed E-state index contributed by atoms with van der Waals surface area (Å²) < 4.78 is 26.7.